The average Bonchev–Trinajstić information content (AvgIpc) is 2.03. The Bertz CT molecular complexity index is 200. The van der Waals surface area contributed by atoms with Gasteiger partial charge in [0.1, 0.15) is 6.34 Å². The number of allylic oxidation sites excluding steroid dienone is 2. The molecule has 0 aromatic heterocycles. The largest absolute Gasteiger partial charge is 0.274 e. The van der Waals surface area contributed by atoms with Crippen LogP contribution in [0.3, 0.4) is 0 Å². The monoisotopic (exact) mass is 150 g/mol. The summed E-state index contributed by atoms with van der Waals surface area (Å²) in [7, 11) is 0. The smallest absolute Gasteiger partial charge is 0.110 e. The van der Waals surface area contributed by atoms with Crippen LogP contribution in [0, 0.1) is 0 Å². The zero-order valence-corrected chi connectivity index (χ0v) is 7.17. The van der Waals surface area contributed by atoms with Crippen LogP contribution >= 0.6 is 0 Å². The standard InChI is InChI=1S/C9H14N2/c1-5-8(3)9(4)11-7-10-6-2/h5,7H,1,3,6H2,2,4H3. The van der Waals surface area contributed by atoms with E-state index >= 15 is 0 Å². The van der Waals surface area contributed by atoms with Gasteiger partial charge in [-0.25, -0.2) is 4.99 Å². The van der Waals surface area contributed by atoms with E-state index < -0.39 is 0 Å². The maximum Gasteiger partial charge on any atom is 0.110 e. The Morgan fingerprint density at radius 3 is 2.64 bits per heavy atom. The summed E-state index contributed by atoms with van der Waals surface area (Å²) in [6.45, 7) is 11.9. The van der Waals surface area contributed by atoms with Crippen LogP contribution in [0.4, 0.5) is 0 Å². The van der Waals surface area contributed by atoms with Crippen LogP contribution < -0.4 is 0 Å². The third kappa shape index (κ3) is 4.25. The van der Waals surface area contributed by atoms with Gasteiger partial charge in [-0.2, -0.15) is 0 Å². The molecule has 0 spiro atoms. The van der Waals surface area contributed by atoms with E-state index in [4.69, 9.17) is 0 Å². The number of nitrogens with zero attached hydrogens (tertiary/aromatic N) is 2. The third-order valence-electron chi connectivity index (χ3n) is 1.23. The molecule has 0 N–H and O–H groups in total. The van der Waals surface area contributed by atoms with Crippen molar-refractivity contribution in [3.05, 3.63) is 24.8 Å². The second kappa shape index (κ2) is 5.59. The summed E-state index contributed by atoms with van der Waals surface area (Å²) >= 11 is 0. The van der Waals surface area contributed by atoms with Crippen molar-refractivity contribution in [2.45, 2.75) is 13.8 Å². The summed E-state index contributed by atoms with van der Waals surface area (Å²) in [5.41, 5.74) is 1.70. The maximum atomic E-state index is 4.04. The SMILES string of the molecule is C=CC(=C)C(C)=NC=NCC. The first kappa shape index (κ1) is 9.82. The van der Waals surface area contributed by atoms with Crippen LogP contribution in [0.2, 0.25) is 0 Å². The topological polar surface area (TPSA) is 24.7 Å². The molecule has 0 bridgehead atoms. The van der Waals surface area contributed by atoms with Gasteiger partial charge in [-0.15, -0.1) is 0 Å². The molecule has 0 unspecified atom stereocenters. The van der Waals surface area contributed by atoms with E-state index in [-0.39, 0.29) is 0 Å². The Hall–Kier alpha value is -1.18. The van der Waals surface area contributed by atoms with Gasteiger partial charge >= 0.3 is 0 Å². The third-order valence-corrected chi connectivity index (χ3v) is 1.23. The van der Waals surface area contributed by atoms with E-state index in [1.807, 2.05) is 13.8 Å². The molecule has 60 valence electrons. The molecular formula is C9H14N2. The summed E-state index contributed by atoms with van der Waals surface area (Å²) in [6, 6.07) is 0. The van der Waals surface area contributed by atoms with Crippen LogP contribution in [-0.4, -0.2) is 18.6 Å². The van der Waals surface area contributed by atoms with Crippen molar-refractivity contribution in [2.75, 3.05) is 6.54 Å². The molecule has 0 aliphatic heterocycles. The van der Waals surface area contributed by atoms with Gasteiger partial charge < -0.3 is 0 Å². The second-order valence-corrected chi connectivity index (χ2v) is 2.06. The van der Waals surface area contributed by atoms with Crippen molar-refractivity contribution in [1.29, 1.82) is 0 Å². The number of aliphatic imine (C=N–C) groups is 2. The van der Waals surface area contributed by atoms with E-state index in [1.165, 1.54) is 0 Å². The molecule has 0 aliphatic rings. The van der Waals surface area contributed by atoms with E-state index in [2.05, 4.69) is 23.1 Å². The fraction of sp³-hybridized carbons (Fsp3) is 0.333. The van der Waals surface area contributed by atoms with Crippen LogP contribution in [0.25, 0.3) is 0 Å². The lowest BCUT2D eigenvalue weighted by atomic mass is 10.2. The lowest BCUT2D eigenvalue weighted by molar-refractivity contribution is 1.13. The van der Waals surface area contributed by atoms with Crippen molar-refractivity contribution in [3.8, 4) is 0 Å². The van der Waals surface area contributed by atoms with Crippen molar-refractivity contribution < 1.29 is 0 Å². The molecule has 0 aromatic carbocycles. The Balaban J connectivity index is 4.10. The first-order chi connectivity index (χ1) is 5.22. The molecule has 0 atom stereocenters. The number of rotatable bonds is 4. The highest BCUT2D eigenvalue weighted by molar-refractivity contribution is 6.03. The molecule has 11 heavy (non-hydrogen) atoms. The molecule has 0 rings (SSSR count). The molecule has 0 amide bonds. The van der Waals surface area contributed by atoms with Crippen molar-refractivity contribution in [3.63, 3.8) is 0 Å². The summed E-state index contributed by atoms with van der Waals surface area (Å²) in [6.07, 6.45) is 3.22. The van der Waals surface area contributed by atoms with Gasteiger partial charge in [0, 0.05) is 12.3 Å². The molecule has 0 heterocycles. The van der Waals surface area contributed by atoms with Gasteiger partial charge in [-0.3, -0.25) is 4.99 Å². The fourth-order valence-electron chi connectivity index (χ4n) is 0.440. The Labute approximate surface area is 68.1 Å². The molecule has 0 aromatic rings. The van der Waals surface area contributed by atoms with E-state index in [0.29, 0.717) is 0 Å². The highest BCUT2D eigenvalue weighted by Gasteiger charge is 1.88. The van der Waals surface area contributed by atoms with Crippen LogP contribution in [0.15, 0.2) is 34.8 Å². The highest BCUT2D eigenvalue weighted by atomic mass is 14.8. The lowest BCUT2D eigenvalue weighted by Crippen LogP contribution is -1.92. The minimum atomic E-state index is 0.761. The van der Waals surface area contributed by atoms with Gasteiger partial charge in [0.15, 0.2) is 0 Å². The predicted octanol–water partition coefficient (Wildman–Crippen LogP) is 2.24. The zero-order valence-electron chi connectivity index (χ0n) is 7.17. The Morgan fingerprint density at radius 1 is 1.55 bits per heavy atom. The number of hydrogen-bond donors (Lipinski definition) is 0. The van der Waals surface area contributed by atoms with Crippen molar-refractivity contribution >= 4 is 12.1 Å². The van der Waals surface area contributed by atoms with Crippen LogP contribution in [0.1, 0.15) is 13.8 Å². The van der Waals surface area contributed by atoms with Crippen molar-refractivity contribution in [2.24, 2.45) is 9.98 Å². The summed E-state index contributed by atoms with van der Waals surface area (Å²) in [5.74, 6) is 0. The lowest BCUT2D eigenvalue weighted by Gasteiger charge is -1.93. The van der Waals surface area contributed by atoms with E-state index in [0.717, 1.165) is 17.8 Å². The Morgan fingerprint density at radius 2 is 2.18 bits per heavy atom. The average molecular weight is 150 g/mol. The zero-order chi connectivity index (χ0) is 8.69. The number of hydrogen-bond acceptors (Lipinski definition) is 1. The Kier molecular flexibility index (Phi) is 4.99. The van der Waals surface area contributed by atoms with Gasteiger partial charge in [-0.1, -0.05) is 19.2 Å². The minimum Gasteiger partial charge on any atom is -0.274 e. The molecule has 0 fully saturated rings. The predicted molar refractivity (Wildman–Crippen MR) is 51.5 cm³/mol. The van der Waals surface area contributed by atoms with Gasteiger partial charge in [-0.05, 0) is 19.4 Å². The van der Waals surface area contributed by atoms with E-state index in [1.54, 1.807) is 12.4 Å². The van der Waals surface area contributed by atoms with E-state index in [9.17, 15) is 0 Å². The molecule has 2 nitrogen and oxygen atoms in total. The molecule has 0 aliphatic carbocycles. The molecular weight excluding hydrogens is 136 g/mol. The second-order valence-electron chi connectivity index (χ2n) is 2.06. The molecule has 0 saturated heterocycles. The van der Waals surface area contributed by atoms with Crippen LogP contribution in [0.5, 0.6) is 0 Å². The summed E-state index contributed by atoms with van der Waals surface area (Å²) in [4.78, 5) is 7.98. The van der Waals surface area contributed by atoms with Gasteiger partial charge in [0.05, 0.1) is 0 Å². The fourth-order valence-corrected chi connectivity index (χ4v) is 0.440. The summed E-state index contributed by atoms with van der Waals surface area (Å²) < 4.78 is 0. The first-order valence-corrected chi connectivity index (χ1v) is 3.56. The minimum absolute atomic E-state index is 0.761. The molecule has 2 heteroatoms. The quantitative estimate of drug-likeness (QED) is 0.333. The van der Waals surface area contributed by atoms with Gasteiger partial charge in [0.2, 0.25) is 0 Å². The molecule has 0 saturated carbocycles. The summed E-state index contributed by atoms with van der Waals surface area (Å²) in [5, 5.41) is 0. The normalized spacial score (nSPS) is 12.0. The maximum absolute atomic E-state index is 4.04. The van der Waals surface area contributed by atoms with Crippen molar-refractivity contribution in [1.82, 2.24) is 0 Å². The van der Waals surface area contributed by atoms with Crippen LogP contribution in [-0.2, 0) is 0 Å². The first-order valence-electron chi connectivity index (χ1n) is 3.56. The highest BCUT2D eigenvalue weighted by Crippen LogP contribution is 1.93. The molecule has 0 radical (unpaired) electrons. The van der Waals surface area contributed by atoms with Gasteiger partial charge in [0.25, 0.3) is 0 Å².